The summed E-state index contributed by atoms with van der Waals surface area (Å²) in [5, 5.41) is 19.3. The second kappa shape index (κ2) is 13.5. The van der Waals surface area contributed by atoms with Crippen molar-refractivity contribution >= 4 is 0 Å². The number of nitrogens with zero attached hydrogens (tertiary/aromatic N) is 3. The minimum absolute atomic E-state index is 0.0274. The second-order valence-corrected chi connectivity index (χ2v) is 13.9. The van der Waals surface area contributed by atoms with Gasteiger partial charge in [0.1, 0.15) is 6.17 Å². The summed E-state index contributed by atoms with van der Waals surface area (Å²) in [6, 6.07) is -0.528. The number of piperidine rings is 1. The number of nitrogens with one attached hydrogen (secondary N) is 2. The third kappa shape index (κ3) is 6.75. The summed E-state index contributed by atoms with van der Waals surface area (Å²) in [5.41, 5.74) is 12.5. The number of hydrogen-bond donors (Lipinski definition) is 3. The van der Waals surface area contributed by atoms with Gasteiger partial charge >= 0.3 is 0 Å². The van der Waals surface area contributed by atoms with Gasteiger partial charge in [0.15, 0.2) is 0 Å². The molecule has 5 rings (SSSR count). The van der Waals surface area contributed by atoms with E-state index in [0.29, 0.717) is 24.2 Å². The Balaban J connectivity index is 1.19. The molecule has 0 radical (unpaired) electrons. The summed E-state index contributed by atoms with van der Waals surface area (Å²) < 4.78 is 0. The van der Waals surface area contributed by atoms with E-state index < -0.39 is 6.04 Å². The van der Waals surface area contributed by atoms with Crippen molar-refractivity contribution < 1.29 is 4.92 Å². The van der Waals surface area contributed by atoms with Crippen LogP contribution in [0.25, 0.3) is 0 Å². The van der Waals surface area contributed by atoms with E-state index >= 15 is 0 Å². The normalized spacial score (nSPS) is 30.5. The van der Waals surface area contributed by atoms with Gasteiger partial charge in [-0.15, -0.1) is 0 Å². The van der Waals surface area contributed by atoms with Crippen LogP contribution in [0.15, 0.2) is 47.0 Å². The van der Waals surface area contributed by atoms with Crippen molar-refractivity contribution in [3.8, 4) is 0 Å². The first kappa shape index (κ1) is 31.1. The Kier molecular flexibility index (Phi) is 10.0. The number of rotatable bonds is 11. The Hall–Kier alpha value is -2.32. The minimum atomic E-state index is -0.666. The SMILES string of the molecule is C/C=C(\C[C@H](CC)C1=CC[C@@H]([N+](=O)[O-])[C@@H](N[C@@H]2C=C[C@H](C3(N)CCC3)CC2)N1)N1CCC(C(=C2CCC2)N(C)C)CC1. The summed E-state index contributed by atoms with van der Waals surface area (Å²) in [7, 11) is 4.44. The molecule has 42 heavy (non-hydrogen) atoms. The Morgan fingerprint density at radius 2 is 1.95 bits per heavy atom. The molecule has 0 aromatic carbocycles. The van der Waals surface area contributed by atoms with Crippen LogP contribution in [0.3, 0.4) is 0 Å². The fraction of sp³-hybridized carbons (Fsp3) is 0.765. The highest BCUT2D eigenvalue weighted by Gasteiger charge is 2.41. The average Bonchev–Trinajstić information content (AvgIpc) is 2.94. The van der Waals surface area contributed by atoms with Gasteiger partial charge in [-0.25, -0.2) is 0 Å². The van der Waals surface area contributed by atoms with Crippen molar-refractivity contribution in [1.29, 1.82) is 0 Å². The number of hydrogen-bond acceptors (Lipinski definition) is 7. The highest BCUT2D eigenvalue weighted by atomic mass is 16.6. The molecule has 0 amide bonds. The maximum absolute atomic E-state index is 12.0. The quantitative estimate of drug-likeness (QED) is 0.164. The van der Waals surface area contributed by atoms with Gasteiger partial charge in [0.2, 0.25) is 6.04 Å². The van der Waals surface area contributed by atoms with E-state index in [9.17, 15) is 10.1 Å². The lowest BCUT2D eigenvalue weighted by molar-refractivity contribution is -0.528. The van der Waals surface area contributed by atoms with Crippen LogP contribution in [0.5, 0.6) is 0 Å². The number of nitro groups is 1. The Bertz CT molecular complexity index is 1080. The molecule has 2 aliphatic heterocycles. The van der Waals surface area contributed by atoms with E-state index in [4.69, 9.17) is 5.73 Å². The van der Waals surface area contributed by atoms with Gasteiger partial charge in [0.25, 0.3) is 0 Å². The van der Waals surface area contributed by atoms with Crippen LogP contribution in [0.2, 0.25) is 0 Å². The lowest BCUT2D eigenvalue weighted by Crippen LogP contribution is -2.59. The van der Waals surface area contributed by atoms with Crippen molar-refractivity contribution in [2.75, 3.05) is 27.2 Å². The largest absolute Gasteiger partial charge is 0.381 e. The smallest absolute Gasteiger partial charge is 0.249 e. The summed E-state index contributed by atoms with van der Waals surface area (Å²) in [6.07, 6.45) is 22.8. The summed E-state index contributed by atoms with van der Waals surface area (Å²) in [4.78, 5) is 16.9. The Morgan fingerprint density at radius 1 is 1.21 bits per heavy atom. The lowest BCUT2D eigenvalue weighted by atomic mass is 9.66. The van der Waals surface area contributed by atoms with E-state index in [0.717, 1.165) is 51.6 Å². The molecule has 0 spiro atoms. The van der Waals surface area contributed by atoms with E-state index in [1.165, 1.54) is 49.9 Å². The molecule has 4 N–H and O–H groups in total. The maximum Gasteiger partial charge on any atom is 0.249 e. The lowest BCUT2D eigenvalue weighted by Gasteiger charge is -2.45. The first-order valence-corrected chi connectivity index (χ1v) is 16.8. The molecule has 0 bridgehead atoms. The molecular formula is C34H56N6O2. The van der Waals surface area contributed by atoms with Gasteiger partial charge in [-0.2, -0.15) is 0 Å². The molecule has 3 aliphatic carbocycles. The molecule has 0 aromatic rings. The van der Waals surface area contributed by atoms with Crippen molar-refractivity contribution in [3.63, 3.8) is 0 Å². The third-order valence-corrected chi connectivity index (χ3v) is 11.1. The molecule has 8 nitrogen and oxygen atoms in total. The monoisotopic (exact) mass is 580 g/mol. The average molecular weight is 581 g/mol. The highest BCUT2D eigenvalue weighted by Crippen LogP contribution is 2.41. The third-order valence-electron chi connectivity index (χ3n) is 11.1. The van der Waals surface area contributed by atoms with Crippen LogP contribution in [-0.2, 0) is 0 Å². The number of nitrogens with two attached hydrogens (primary N) is 1. The van der Waals surface area contributed by atoms with Crippen molar-refractivity contribution in [2.24, 2.45) is 23.5 Å². The molecule has 5 atom stereocenters. The number of allylic oxidation sites excluding steroid dienone is 5. The van der Waals surface area contributed by atoms with Gasteiger partial charge < -0.3 is 20.9 Å². The van der Waals surface area contributed by atoms with Crippen LogP contribution < -0.4 is 16.4 Å². The highest BCUT2D eigenvalue weighted by molar-refractivity contribution is 5.22. The van der Waals surface area contributed by atoms with Crippen molar-refractivity contribution in [3.05, 3.63) is 57.1 Å². The topological polar surface area (TPSA) is 99.7 Å². The van der Waals surface area contributed by atoms with Crippen molar-refractivity contribution in [1.82, 2.24) is 20.4 Å². The van der Waals surface area contributed by atoms with Crippen molar-refractivity contribution in [2.45, 2.75) is 121 Å². The first-order valence-electron chi connectivity index (χ1n) is 16.8. The number of likely N-dealkylation sites (tertiary alicyclic amines) is 1. The summed E-state index contributed by atoms with van der Waals surface area (Å²) in [6.45, 7) is 6.62. The molecule has 2 saturated carbocycles. The predicted octanol–water partition coefficient (Wildman–Crippen LogP) is 5.67. The zero-order chi connectivity index (χ0) is 29.9. The molecule has 8 heteroatoms. The fourth-order valence-electron chi connectivity index (χ4n) is 8.16. The molecule has 0 unspecified atom stereocenters. The fourth-order valence-corrected chi connectivity index (χ4v) is 8.16. The Morgan fingerprint density at radius 3 is 2.45 bits per heavy atom. The summed E-state index contributed by atoms with van der Waals surface area (Å²) in [5.74, 6) is 1.43. The second-order valence-electron chi connectivity index (χ2n) is 13.9. The van der Waals surface area contributed by atoms with E-state index in [1.54, 1.807) is 11.3 Å². The standard InChI is InChI=1S/C34H56N6O2/c1-5-24(23-29(6-2)39-21-17-26(18-22-39)32(38(3)4)25-9-7-10-25)30-15-16-31(40(41)42)33(37-30)36-28-13-11-27(12-14-28)34(35)19-8-20-34/h6,11,13,15,24,26-28,31,33,36-37H,5,7-10,12,14,16-23,35H2,1-4H3/b29-6+/t24-,27-,28+,31+,33-/m0/s1. The van der Waals surface area contributed by atoms with Crippen LogP contribution in [0.1, 0.15) is 97.3 Å². The van der Waals surface area contributed by atoms with E-state index in [2.05, 4.69) is 72.7 Å². The Labute approximate surface area is 254 Å². The zero-order valence-electron chi connectivity index (χ0n) is 26.6. The van der Waals surface area contributed by atoms with Gasteiger partial charge in [-0.1, -0.05) is 36.8 Å². The molecular weight excluding hydrogens is 524 g/mol. The minimum Gasteiger partial charge on any atom is -0.381 e. The zero-order valence-corrected chi connectivity index (χ0v) is 26.6. The first-order chi connectivity index (χ1) is 20.2. The van der Waals surface area contributed by atoms with E-state index in [1.807, 2.05) is 0 Å². The molecule has 234 valence electrons. The van der Waals surface area contributed by atoms with E-state index in [-0.39, 0.29) is 22.7 Å². The van der Waals surface area contributed by atoms with Crippen LogP contribution >= 0.6 is 0 Å². The van der Waals surface area contributed by atoms with Gasteiger partial charge in [0, 0.05) is 79.0 Å². The van der Waals surface area contributed by atoms with Crippen LogP contribution in [0, 0.1) is 27.9 Å². The molecule has 1 saturated heterocycles. The van der Waals surface area contributed by atoms with Crippen LogP contribution in [0.4, 0.5) is 0 Å². The van der Waals surface area contributed by atoms with Gasteiger partial charge in [0.05, 0.1) is 0 Å². The molecule has 2 heterocycles. The van der Waals surface area contributed by atoms with Crippen LogP contribution in [-0.4, -0.2) is 65.7 Å². The summed E-state index contributed by atoms with van der Waals surface area (Å²) >= 11 is 0. The molecule has 0 aromatic heterocycles. The molecule has 3 fully saturated rings. The molecule has 5 aliphatic rings. The van der Waals surface area contributed by atoms with Gasteiger partial charge in [-0.3, -0.25) is 15.4 Å². The van der Waals surface area contributed by atoms with Gasteiger partial charge in [-0.05, 0) is 89.9 Å². The maximum atomic E-state index is 12.0. The predicted molar refractivity (Wildman–Crippen MR) is 171 cm³/mol.